The molecule has 5 heterocycles. The molecule has 3 aromatic heterocycles. The molecule has 0 aliphatic carbocycles. The van der Waals surface area contributed by atoms with Crippen molar-refractivity contribution in [3.05, 3.63) is 48.4 Å². The number of amides is 1. The molecule has 156 valence electrons. The van der Waals surface area contributed by atoms with E-state index in [-0.39, 0.29) is 24.7 Å². The van der Waals surface area contributed by atoms with Crippen molar-refractivity contribution < 1.29 is 17.7 Å². The smallest absolute Gasteiger partial charge is 0.257 e. The molecule has 0 saturated carbocycles. The summed E-state index contributed by atoms with van der Waals surface area (Å²) >= 11 is 0. The Morgan fingerprint density at radius 2 is 2.07 bits per heavy atom. The molecule has 0 N–H and O–H groups in total. The van der Waals surface area contributed by atoms with E-state index in [0.29, 0.717) is 30.2 Å². The molecule has 2 saturated heterocycles. The lowest BCUT2D eigenvalue weighted by atomic mass is 9.82. The van der Waals surface area contributed by atoms with Crippen LogP contribution in [0.25, 0.3) is 11.4 Å². The number of nitrogens with zero attached hydrogens (tertiary/aromatic N) is 6. The standard InChI is InChI=1S/C19H20N6O4S/c1-2-25-10-14(9-21-25)18(26)24-11-19(12-24)15(5-8-30(19,27)28)17-22-16(23-29-17)13-3-6-20-7-4-13/h3-4,6-7,9-10,15H,2,5,8,11-12H2,1H3. The number of rotatable bonds is 4. The van der Waals surface area contributed by atoms with E-state index in [1.165, 1.54) is 6.20 Å². The zero-order valence-corrected chi connectivity index (χ0v) is 17.1. The second-order valence-electron chi connectivity index (χ2n) is 7.66. The van der Waals surface area contributed by atoms with Gasteiger partial charge in [0.15, 0.2) is 9.84 Å². The third-order valence-corrected chi connectivity index (χ3v) is 8.57. The van der Waals surface area contributed by atoms with Crippen molar-refractivity contribution in [2.45, 2.75) is 30.6 Å². The first kappa shape index (κ1) is 18.9. The molecule has 30 heavy (non-hydrogen) atoms. The fraction of sp³-hybridized carbons (Fsp3) is 0.421. The van der Waals surface area contributed by atoms with Gasteiger partial charge < -0.3 is 9.42 Å². The number of aromatic nitrogens is 5. The van der Waals surface area contributed by atoms with Gasteiger partial charge in [-0.25, -0.2) is 8.42 Å². The zero-order valence-electron chi connectivity index (χ0n) is 16.3. The van der Waals surface area contributed by atoms with Gasteiger partial charge in [-0.3, -0.25) is 14.5 Å². The lowest BCUT2D eigenvalue weighted by molar-refractivity contribution is 0.0504. The monoisotopic (exact) mass is 428 g/mol. The molecule has 5 rings (SSSR count). The van der Waals surface area contributed by atoms with Crippen molar-refractivity contribution in [3.63, 3.8) is 0 Å². The second-order valence-corrected chi connectivity index (χ2v) is 10.1. The van der Waals surface area contributed by atoms with Crippen molar-refractivity contribution >= 4 is 15.7 Å². The highest BCUT2D eigenvalue weighted by molar-refractivity contribution is 7.93. The van der Waals surface area contributed by atoms with E-state index in [1.807, 2.05) is 6.92 Å². The number of carbonyl (C=O) groups is 1. The Bertz CT molecular complexity index is 1200. The maximum atomic E-state index is 12.9. The molecule has 0 radical (unpaired) electrons. The lowest BCUT2D eigenvalue weighted by Crippen LogP contribution is -2.67. The number of pyridine rings is 1. The van der Waals surface area contributed by atoms with E-state index in [4.69, 9.17) is 4.52 Å². The molecule has 2 aliphatic rings. The number of carbonyl (C=O) groups excluding carboxylic acids is 1. The second kappa shape index (κ2) is 6.73. The van der Waals surface area contributed by atoms with Crippen LogP contribution >= 0.6 is 0 Å². The van der Waals surface area contributed by atoms with Gasteiger partial charge in [0.05, 0.1) is 23.4 Å². The van der Waals surface area contributed by atoms with Crippen LogP contribution in [0.15, 0.2) is 41.4 Å². The van der Waals surface area contributed by atoms with Crippen molar-refractivity contribution in [1.82, 2.24) is 29.8 Å². The van der Waals surface area contributed by atoms with Crippen molar-refractivity contribution in [2.24, 2.45) is 0 Å². The van der Waals surface area contributed by atoms with Crippen LogP contribution in [0.4, 0.5) is 0 Å². The van der Waals surface area contributed by atoms with Crippen LogP contribution in [0, 0.1) is 0 Å². The fourth-order valence-corrected chi connectivity index (χ4v) is 6.60. The summed E-state index contributed by atoms with van der Waals surface area (Å²) in [6.45, 7) is 2.82. The van der Waals surface area contributed by atoms with Crippen LogP contribution in [-0.2, 0) is 16.4 Å². The zero-order chi connectivity index (χ0) is 20.9. The molecule has 2 aliphatic heterocycles. The van der Waals surface area contributed by atoms with Gasteiger partial charge in [-0.15, -0.1) is 0 Å². The first-order valence-corrected chi connectivity index (χ1v) is 11.4. The van der Waals surface area contributed by atoms with Crippen molar-refractivity contribution in [3.8, 4) is 11.4 Å². The molecule has 2 fully saturated rings. The van der Waals surface area contributed by atoms with E-state index >= 15 is 0 Å². The van der Waals surface area contributed by atoms with E-state index in [0.717, 1.165) is 5.56 Å². The van der Waals surface area contributed by atoms with Crippen LogP contribution in [0.1, 0.15) is 35.5 Å². The highest BCUT2D eigenvalue weighted by Crippen LogP contribution is 2.49. The summed E-state index contributed by atoms with van der Waals surface area (Å²) in [4.78, 5) is 22.7. The molecule has 0 aromatic carbocycles. The molecule has 0 bridgehead atoms. The third kappa shape index (κ3) is 2.76. The predicted molar refractivity (Wildman–Crippen MR) is 105 cm³/mol. The largest absolute Gasteiger partial charge is 0.339 e. The van der Waals surface area contributed by atoms with Gasteiger partial charge in [0.25, 0.3) is 5.91 Å². The van der Waals surface area contributed by atoms with Gasteiger partial charge in [0, 0.05) is 43.8 Å². The third-order valence-electron chi connectivity index (χ3n) is 6.02. The number of aryl methyl sites for hydroxylation is 1. The Morgan fingerprint density at radius 1 is 1.30 bits per heavy atom. The fourth-order valence-electron chi connectivity index (χ4n) is 4.29. The summed E-state index contributed by atoms with van der Waals surface area (Å²) in [5, 5.41) is 8.14. The van der Waals surface area contributed by atoms with Gasteiger partial charge in [-0.2, -0.15) is 10.1 Å². The Morgan fingerprint density at radius 3 is 2.77 bits per heavy atom. The Labute approximate surface area is 172 Å². The maximum Gasteiger partial charge on any atom is 0.257 e. The molecule has 1 unspecified atom stereocenters. The average molecular weight is 428 g/mol. The van der Waals surface area contributed by atoms with Crippen LogP contribution in [0.5, 0.6) is 0 Å². The first-order chi connectivity index (χ1) is 14.4. The Kier molecular flexibility index (Phi) is 4.24. The molecule has 3 aromatic rings. The maximum absolute atomic E-state index is 12.9. The molecule has 11 heteroatoms. The lowest BCUT2D eigenvalue weighted by Gasteiger charge is -2.48. The molecular formula is C19H20N6O4S. The van der Waals surface area contributed by atoms with E-state index < -0.39 is 20.5 Å². The number of sulfone groups is 1. The van der Waals surface area contributed by atoms with Crippen molar-refractivity contribution in [2.75, 3.05) is 18.8 Å². The minimum absolute atomic E-state index is 0.0421. The molecule has 1 atom stereocenters. The molecule has 10 nitrogen and oxygen atoms in total. The van der Waals surface area contributed by atoms with Gasteiger partial charge in [-0.1, -0.05) is 5.16 Å². The molecular weight excluding hydrogens is 408 g/mol. The van der Waals surface area contributed by atoms with Gasteiger partial charge in [0.1, 0.15) is 4.75 Å². The topological polar surface area (TPSA) is 124 Å². The van der Waals surface area contributed by atoms with Crippen LogP contribution in [-0.4, -0.2) is 67.7 Å². The summed E-state index contributed by atoms with van der Waals surface area (Å²) in [5.41, 5.74) is 1.20. The Hall–Kier alpha value is -3.08. The highest BCUT2D eigenvalue weighted by atomic mass is 32.2. The Balaban J connectivity index is 1.40. The molecule has 1 spiro atoms. The molecule has 1 amide bonds. The normalized spacial score (nSPS) is 21.6. The average Bonchev–Trinajstić information content (AvgIpc) is 3.44. The van der Waals surface area contributed by atoms with Crippen LogP contribution in [0.2, 0.25) is 0 Å². The minimum atomic E-state index is -3.40. The van der Waals surface area contributed by atoms with Gasteiger partial charge in [0.2, 0.25) is 11.7 Å². The van der Waals surface area contributed by atoms with Gasteiger partial charge in [-0.05, 0) is 25.5 Å². The van der Waals surface area contributed by atoms with E-state index in [1.54, 1.807) is 40.3 Å². The predicted octanol–water partition coefficient (Wildman–Crippen LogP) is 1.14. The SMILES string of the molecule is CCn1cc(C(=O)N2CC3(C2)C(c2nc(-c4ccncc4)no2)CCS3(=O)=O)cn1. The summed E-state index contributed by atoms with van der Waals surface area (Å²) < 4.78 is 31.9. The van der Waals surface area contributed by atoms with Gasteiger partial charge >= 0.3 is 0 Å². The first-order valence-electron chi connectivity index (χ1n) is 9.71. The quantitative estimate of drug-likeness (QED) is 0.606. The number of likely N-dealkylation sites (tertiary alicyclic amines) is 1. The minimum Gasteiger partial charge on any atom is -0.339 e. The van der Waals surface area contributed by atoms with Crippen LogP contribution < -0.4 is 0 Å². The number of hydrogen-bond acceptors (Lipinski definition) is 8. The number of hydrogen-bond donors (Lipinski definition) is 0. The van der Waals surface area contributed by atoms with E-state index in [2.05, 4.69) is 20.2 Å². The summed E-state index contributed by atoms with van der Waals surface area (Å²) in [5.74, 6) is 0.0810. The van der Waals surface area contributed by atoms with E-state index in [9.17, 15) is 13.2 Å². The van der Waals surface area contributed by atoms with Crippen LogP contribution in [0.3, 0.4) is 0 Å². The summed E-state index contributed by atoms with van der Waals surface area (Å²) in [7, 11) is -3.40. The van der Waals surface area contributed by atoms with Crippen molar-refractivity contribution in [1.29, 1.82) is 0 Å². The highest BCUT2D eigenvalue weighted by Gasteiger charge is 2.64. The summed E-state index contributed by atoms with van der Waals surface area (Å²) in [6.07, 6.45) is 6.84. The summed E-state index contributed by atoms with van der Waals surface area (Å²) in [6, 6.07) is 3.52.